The van der Waals surface area contributed by atoms with E-state index in [4.69, 9.17) is 15.4 Å². The smallest absolute Gasteiger partial charge is 0.235 e. The van der Waals surface area contributed by atoms with Gasteiger partial charge in [0.2, 0.25) is 9.05 Å². The van der Waals surface area contributed by atoms with Crippen molar-refractivity contribution in [2.75, 3.05) is 12.4 Å². The number of ether oxygens (including phenoxy) is 1. The van der Waals surface area contributed by atoms with Gasteiger partial charge in [-0.25, -0.2) is 8.42 Å². The Morgan fingerprint density at radius 2 is 2.00 bits per heavy atom. The average molecular weight is 295 g/mol. The second kappa shape index (κ2) is 4.64. The van der Waals surface area contributed by atoms with Crippen molar-refractivity contribution in [3.05, 3.63) is 0 Å². The van der Waals surface area contributed by atoms with Crippen LogP contribution in [-0.4, -0.2) is 26.9 Å². The number of hydrogen-bond acceptors (Lipinski definition) is 3. The van der Waals surface area contributed by atoms with Gasteiger partial charge in [-0.2, -0.15) is 0 Å². The fraction of sp³-hybridized carbons (Fsp3) is 1.00. The highest BCUT2D eigenvalue weighted by Gasteiger charge is 2.51. The summed E-state index contributed by atoms with van der Waals surface area (Å²) in [6.45, 7) is 7.47. The van der Waals surface area contributed by atoms with Gasteiger partial charge in [-0.1, -0.05) is 20.8 Å². The molecule has 0 radical (unpaired) electrons. The summed E-state index contributed by atoms with van der Waals surface area (Å²) in [6.07, 6.45) is 4.06. The summed E-state index contributed by atoms with van der Waals surface area (Å²) in [5.74, 6) is 0.577. The lowest BCUT2D eigenvalue weighted by atomic mass is 9.58. The van der Waals surface area contributed by atoms with Crippen LogP contribution in [0.25, 0.3) is 0 Å². The molecule has 1 spiro atoms. The molecular formula is C13H23ClO3S. The second-order valence-corrected chi connectivity index (χ2v) is 9.85. The van der Waals surface area contributed by atoms with E-state index in [2.05, 4.69) is 20.8 Å². The molecule has 2 rings (SSSR count). The molecule has 0 N–H and O–H groups in total. The topological polar surface area (TPSA) is 43.4 Å². The predicted molar refractivity (Wildman–Crippen MR) is 73.2 cm³/mol. The van der Waals surface area contributed by atoms with Crippen molar-refractivity contribution < 1.29 is 13.2 Å². The predicted octanol–water partition coefficient (Wildman–Crippen LogP) is 3.18. The monoisotopic (exact) mass is 294 g/mol. The van der Waals surface area contributed by atoms with Gasteiger partial charge in [0, 0.05) is 22.7 Å². The Morgan fingerprint density at radius 3 is 2.56 bits per heavy atom. The molecule has 2 aliphatic rings. The highest BCUT2D eigenvalue weighted by Crippen LogP contribution is 2.55. The Hall–Kier alpha value is 0.200. The summed E-state index contributed by atoms with van der Waals surface area (Å²) in [4.78, 5) is 0. The quantitative estimate of drug-likeness (QED) is 0.735. The van der Waals surface area contributed by atoms with Crippen LogP contribution in [-0.2, 0) is 13.8 Å². The first kappa shape index (κ1) is 14.6. The molecule has 2 fully saturated rings. The molecule has 1 saturated carbocycles. The standard InChI is InChI=1S/C13H23ClO3S/c1-10-6-12(2,3)9-13(7-10)4-5-17-11(13)8-18(14,15)16/h10-11H,4-9H2,1-3H3. The largest absolute Gasteiger partial charge is 0.377 e. The molecule has 0 bridgehead atoms. The molecule has 1 saturated heterocycles. The fourth-order valence-electron chi connectivity index (χ4n) is 4.39. The summed E-state index contributed by atoms with van der Waals surface area (Å²) in [5.41, 5.74) is 0.281. The van der Waals surface area contributed by atoms with Gasteiger partial charge < -0.3 is 4.74 Å². The van der Waals surface area contributed by atoms with Gasteiger partial charge in [0.15, 0.2) is 0 Å². The Labute approximate surface area is 115 Å². The van der Waals surface area contributed by atoms with Crippen LogP contribution in [0.3, 0.4) is 0 Å². The van der Waals surface area contributed by atoms with Crippen molar-refractivity contribution in [1.82, 2.24) is 0 Å². The zero-order chi connectivity index (χ0) is 13.6. The highest BCUT2D eigenvalue weighted by atomic mass is 35.7. The van der Waals surface area contributed by atoms with E-state index in [0.717, 1.165) is 19.3 Å². The van der Waals surface area contributed by atoms with Gasteiger partial charge in [-0.3, -0.25) is 0 Å². The van der Waals surface area contributed by atoms with Crippen molar-refractivity contribution in [2.45, 2.75) is 52.6 Å². The summed E-state index contributed by atoms with van der Waals surface area (Å²) in [6, 6.07) is 0. The van der Waals surface area contributed by atoms with Crippen molar-refractivity contribution >= 4 is 19.7 Å². The first-order chi connectivity index (χ1) is 8.12. The molecule has 5 heteroatoms. The molecule has 18 heavy (non-hydrogen) atoms. The van der Waals surface area contributed by atoms with E-state index in [0.29, 0.717) is 12.5 Å². The molecule has 3 nitrogen and oxygen atoms in total. The van der Waals surface area contributed by atoms with Crippen molar-refractivity contribution in [2.24, 2.45) is 16.7 Å². The maximum Gasteiger partial charge on any atom is 0.235 e. The molecule has 0 aromatic carbocycles. The van der Waals surface area contributed by atoms with E-state index < -0.39 is 9.05 Å². The summed E-state index contributed by atoms with van der Waals surface area (Å²) in [7, 11) is 1.92. The zero-order valence-electron chi connectivity index (χ0n) is 11.4. The minimum Gasteiger partial charge on any atom is -0.377 e. The molecule has 3 unspecified atom stereocenters. The third-order valence-electron chi connectivity index (χ3n) is 4.44. The first-order valence-corrected chi connectivity index (χ1v) is 9.14. The molecule has 106 valence electrons. The van der Waals surface area contributed by atoms with Crippen molar-refractivity contribution in [3.63, 3.8) is 0 Å². The highest BCUT2D eigenvalue weighted by molar-refractivity contribution is 8.13. The maximum atomic E-state index is 11.3. The maximum absolute atomic E-state index is 11.3. The van der Waals surface area contributed by atoms with Crippen LogP contribution < -0.4 is 0 Å². The minimum absolute atomic E-state index is 0.0170. The number of rotatable bonds is 2. The molecule has 0 amide bonds. The molecular weight excluding hydrogens is 272 g/mol. The summed E-state index contributed by atoms with van der Waals surface area (Å²) in [5, 5.41) is 0. The Morgan fingerprint density at radius 1 is 1.33 bits per heavy atom. The molecule has 0 aromatic heterocycles. The zero-order valence-corrected chi connectivity index (χ0v) is 13.0. The van der Waals surface area contributed by atoms with E-state index in [1.807, 2.05) is 0 Å². The lowest BCUT2D eigenvalue weighted by molar-refractivity contribution is -0.0115. The summed E-state index contributed by atoms with van der Waals surface area (Å²) >= 11 is 0. The van der Waals surface area contributed by atoms with E-state index >= 15 is 0 Å². The van der Waals surface area contributed by atoms with Crippen LogP contribution in [0.2, 0.25) is 0 Å². The van der Waals surface area contributed by atoms with Gasteiger partial charge >= 0.3 is 0 Å². The third kappa shape index (κ3) is 3.20. The van der Waals surface area contributed by atoms with Gasteiger partial charge in [0.05, 0.1) is 11.9 Å². The number of halogens is 1. The Kier molecular flexibility index (Phi) is 3.76. The molecule has 1 aliphatic heterocycles. The lowest BCUT2D eigenvalue weighted by Crippen LogP contribution is -2.44. The van der Waals surface area contributed by atoms with Gasteiger partial charge in [-0.05, 0) is 37.0 Å². The molecule has 3 atom stereocenters. The fourth-order valence-corrected chi connectivity index (χ4v) is 5.55. The van der Waals surface area contributed by atoms with Crippen molar-refractivity contribution in [3.8, 4) is 0 Å². The van der Waals surface area contributed by atoms with Crippen LogP contribution in [0.5, 0.6) is 0 Å². The van der Waals surface area contributed by atoms with E-state index in [1.54, 1.807) is 0 Å². The van der Waals surface area contributed by atoms with Crippen molar-refractivity contribution in [1.29, 1.82) is 0 Å². The second-order valence-electron chi connectivity index (χ2n) is 7.03. The first-order valence-electron chi connectivity index (χ1n) is 6.66. The Balaban J connectivity index is 2.23. The average Bonchev–Trinajstić information content (AvgIpc) is 2.41. The number of hydrogen-bond donors (Lipinski definition) is 0. The van der Waals surface area contributed by atoms with E-state index in [-0.39, 0.29) is 22.7 Å². The lowest BCUT2D eigenvalue weighted by Gasteiger charge is -2.47. The Bertz CT molecular complexity index is 418. The normalized spacial score (nSPS) is 40.2. The third-order valence-corrected chi connectivity index (χ3v) is 5.52. The van der Waals surface area contributed by atoms with Gasteiger partial charge in [0.25, 0.3) is 0 Å². The van der Waals surface area contributed by atoms with E-state index in [1.165, 1.54) is 6.42 Å². The van der Waals surface area contributed by atoms with Gasteiger partial charge in [-0.15, -0.1) is 0 Å². The van der Waals surface area contributed by atoms with Gasteiger partial charge in [0.1, 0.15) is 0 Å². The summed E-state index contributed by atoms with van der Waals surface area (Å²) < 4.78 is 28.4. The molecule has 0 aromatic rings. The van der Waals surface area contributed by atoms with Crippen LogP contribution in [0.1, 0.15) is 46.5 Å². The van der Waals surface area contributed by atoms with Crippen LogP contribution in [0, 0.1) is 16.7 Å². The van der Waals surface area contributed by atoms with Crippen LogP contribution in [0.15, 0.2) is 0 Å². The van der Waals surface area contributed by atoms with Crippen LogP contribution >= 0.6 is 10.7 Å². The SMILES string of the molecule is CC1CC(C)(C)CC2(CCOC2CS(=O)(=O)Cl)C1. The van der Waals surface area contributed by atoms with E-state index in [9.17, 15) is 8.42 Å². The minimum atomic E-state index is -3.49. The van der Waals surface area contributed by atoms with Crippen LogP contribution in [0.4, 0.5) is 0 Å². The molecule has 1 heterocycles. The molecule has 1 aliphatic carbocycles.